The van der Waals surface area contributed by atoms with Crippen LogP contribution in [0.3, 0.4) is 0 Å². The minimum atomic E-state index is 0.193. The number of thioether (sulfide) groups is 1. The third-order valence-electron chi connectivity index (χ3n) is 2.37. The molecule has 0 saturated heterocycles. The standard InChI is InChI=1S/C13H15N3O2S/c17-11(9-19-13-14-10-15-16-13)5-4-8-18-12-6-2-1-3-7-12/h1-3,6-7,10H,4-5,8-9H2,(H,14,15,16). The number of nitrogens with one attached hydrogen (secondary N) is 1. The molecule has 1 N–H and O–H groups in total. The number of carbonyl (C=O) groups excluding carboxylic acids is 1. The van der Waals surface area contributed by atoms with Gasteiger partial charge in [0.05, 0.1) is 12.4 Å². The van der Waals surface area contributed by atoms with Gasteiger partial charge in [-0.25, -0.2) is 4.98 Å². The van der Waals surface area contributed by atoms with Crippen molar-refractivity contribution < 1.29 is 9.53 Å². The molecular formula is C13H15N3O2S. The predicted molar refractivity (Wildman–Crippen MR) is 73.3 cm³/mol. The van der Waals surface area contributed by atoms with E-state index < -0.39 is 0 Å². The molecule has 0 unspecified atom stereocenters. The smallest absolute Gasteiger partial charge is 0.183 e. The van der Waals surface area contributed by atoms with Gasteiger partial charge in [0.2, 0.25) is 0 Å². The lowest BCUT2D eigenvalue weighted by atomic mass is 10.2. The first-order valence-electron chi connectivity index (χ1n) is 6.02. The van der Waals surface area contributed by atoms with E-state index in [1.807, 2.05) is 30.3 Å². The second-order valence-electron chi connectivity index (χ2n) is 3.88. The van der Waals surface area contributed by atoms with Crippen molar-refractivity contribution >= 4 is 17.5 Å². The molecule has 0 fully saturated rings. The van der Waals surface area contributed by atoms with Crippen LogP contribution in [0.5, 0.6) is 5.75 Å². The number of hydrogen-bond acceptors (Lipinski definition) is 5. The number of H-pyrrole nitrogens is 1. The number of hydrogen-bond donors (Lipinski definition) is 1. The van der Waals surface area contributed by atoms with Crippen molar-refractivity contribution in [3.05, 3.63) is 36.7 Å². The lowest BCUT2D eigenvalue weighted by Crippen LogP contribution is -2.05. The summed E-state index contributed by atoms with van der Waals surface area (Å²) in [5, 5.41) is 7.10. The number of rotatable bonds is 8. The van der Waals surface area contributed by atoms with Crippen molar-refractivity contribution in [1.82, 2.24) is 15.2 Å². The molecule has 19 heavy (non-hydrogen) atoms. The summed E-state index contributed by atoms with van der Waals surface area (Å²) in [4.78, 5) is 15.6. The van der Waals surface area contributed by atoms with Gasteiger partial charge >= 0.3 is 0 Å². The molecule has 5 nitrogen and oxygen atoms in total. The summed E-state index contributed by atoms with van der Waals surface area (Å²) in [6, 6.07) is 9.60. The first-order valence-corrected chi connectivity index (χ1v) is 7.01. The Bertz CT molecular complexity index is 488. The monoisotopic (exact) mass is 277 g/mol. The molecule has 0 aliphatic carbocycles. The molecular weight excluding hydrogens is 262 g/mol. The molecule has 6 heteroatoms. The maximum Gasteiger partial charge on any atom is 0.183 e. The van der Waals surface area contributed by atoms with Crippen molar-refractivity contribution in [2.75, 3.05) is 12.4 Å². The molecule has 0 bridgehead atoms. The summed E-state index contributed by atoms with van der Waals surface area (Å²) >= 11 is 1.37. The fourth-order valence-electron chi connectivity index (χ4n) is 1.46. The van der Waals surface area contributed by atoms with Crippen LogP contribution in [0.2, 0.25) is 0 Å². The van der Waals surface area contributed by atoms with Crippen LogP contribution < -0.4 is 4.74 Å². The third-order valence-corrected chi connectivity index (χ3v) is 3.31. The van der Waals surface area contributed by atoms with Crippen molar-refractivity contribution in [2.45, 2.75) is 18.0 Å². The van der Waals surface area contributed by atoms with E-state index in [0.29, 0.717) is 23.9 Å². The largest absolute Gasteiger partial charge is 0.494 e. The molecule has 0 atom stereocenters. The van der Waals surface area contributed by atoms with Gasteiger partial charge in [-0.1, -0.05) is 30.0 Å². The molecule has 0 aliphatic heterocycles. The van der Waals surface area contributed by atoms with Crippen LogP contribution in [0.1, 0.15) is 12.8 Å². The van der Waals surface area contributed by atoms with E-state index in [1.54, 1.807) is 0 Å². The molecule has 0 spiro atoms. The highest BCUT2D eigenvalue weighted by molar-refractivity contribution is 7.99. The van der Waals surface area contributed by atoms with Crippen LogP contribution in [0.4, 0.5) is 0 Å². The summed E-state index contributed by atoms with van der Waals surface area (Å²) in [6.45, 7) is 0.558. The Morgan fingerprint density at radius 3 is 2.89 bits per heavy atom. The van der Waals surface area contributed by atoms with Crippen LogP contribution in [-0.4, -0.2) is 33.3 Å². The quantitative estimate of drug-likeness (QED) is 0.592. The first kappa shape index (κ1) is 13.6. The number of ether oxygens (including phenoxy) is 1. The normalized spacial score (nSPS) is 10.3. The van der Waals surface area contributed by atoms with E-state index in [0.717, 1.165) is 12.2 Å². The number of carbonyl (C=O) groups is 1. The van der Waals surface area contributed by atoms with Crippen LogP contribution in [0, 0.1) is 0 Å². The van der Waals surface area contributed by atoms with Gasteiger partial charge in [-0.05, 0) is 18.6 Å². The van der Waals surface area contributed by atoms with E-state index in [4.69, 9.17) is 4.74 Å². The van der Waals surface area contributed by atoms with E-state index in [-0.39, 0.29) is 5.78 Å². The topological polar surface area (TPSA) is 67.9 Å². The van der Waals surface area contributed by atoms with Gasteiger partial charge in [0.15, 0.2) is 5.16 Å². The van der Waals surface area contributed by atoms with E-state index in [2.05, 4.69) is 15.2 Å². The summed E-state index contributed by atoms with van der Waals surface area (Å²) in [6.07, 6.45) is 2.68. The van der Waals surface area contributed by atoms with Crippen LogP contribution in [0.15, 0.2) is 41.8 Å². The molecule has 100 valence electrons. The number of aromatic nitrogens is 3. The van der Waals surface area contributed by atoms with Gasteiger partial charge in [-0.3, -0.25) is 9.89 Å². The van der Waals surface area contributed by atoms with E-state index >= 15 is 0 Å². The van der Waals surface area contributed by atoms with Gasteiger partial charge in [-0.15, -0.1) is 0 Å². The molecule has 2 rings (SSSR count). The highest BCUT2D eigenvalue weighted by Crippen LogP contribution is 2.12. The Morgan fingerprint density at radius 1 is 1.32 bits per heavy atom. The Hall–Kier alpha value is -1.82. The number of nitrogens with zero attached hydrogens (tertiary/aromatic N) is 2. The van der Waals surface area contributed by atoms with Crippen LogP contribution >= 0.6 is 11.8 Å². The maximum atomic E-state index is 11.6. The number of aromatic amines is 1. The van der Waals surface area contributed by atoms with Crippen LogP contribution in [0.25, 0.3) is 0 Å². The molecule has 2 aromatic rings. The van der Waals surface area contributed by atoms with Gasteiger partial charge < -0.3 is 4.74 Å². The van der Waals surface area contributed by atoms with Gasteiger partial charge in [0, 0.05) is 6.42 Å². The van der Waals surface area contributed by atoms with Gasteiger partial charge in [0.1, 0.15) is 17.9 Å². The highest BCUT2D eigenvalue weighted by atomic mass is 32.2. The Kier molecular flexibility index (Phi) is 5.43. The third kappa shape index (κ3) is 5.13. The zero-order valence-electron chi connectivity index (χ0n) is 10.4. The van der Waals surface area contributed by atoms with Gasteiger partial charge in [0.25, 0.3) is 0 Å². The summed E-state index contributed by atoms with van der Waals surface area (Å²) in [5.41, 5.74) is 0. The summed E-state index contributed by atoms with van der Waals surface area (Å²) in [5.74, 6) is 1.45. The Morgan fingerprint density at radius 2 is 2.16 bits per heavy atom. The van der Waals surface area contributed by atoms with Crippen molar-refractivity contribution in [2.24, 2.45) is 0 Å². The number of benzene rings is 1. The fourth-order valence-corrected chi connectivity index (χ4v) is 2.14. The molecule has 1 aromatic carbocycles. The zero-order valence-corrected chi connectivity index (χ0v) is 11.2. The molecule has 1 aromatic heterocycles. The minimum absolute atomic E-state index is 0.193. The average Bonchev–Trinajstić information content (AvgIpc) is 2.96. The Balaban J connectivity index is 1.57. The van der Waals surface area contributed by atoms with Crippen molar-refractivity contribution in [3.63, 3.8) is 0 Å². The number of para-hydroxylation sites is 1. The molecule has 0 saturated carbocycles. The first-order chi connectivity index (χ1) is 9.34. The lowest BCUT2D eigenvalue weighted by Gasteiger charge is -2.04. The van der Waals surface area contributed by atoms with Crippen molar-refractivity contribution in [3.8, 4) is 5.75 Å². The van der Waals surface area contributed by atoms with Crippen LogP contribution in [-0.2, 0) is 4.79 Å². The average molecular weight is 277 g/mol. The van der Waals surface area contributed by atoms with E-state index in [1.165, 1.54) is 18.1 Å². The Labute approximate surface area is 115 Å². The molecule has 0 radical (unpaired) electrons. The predicted octanol–water partition coefficient (Wildman–Crippen LogP) is 2.33. The fraction of sp³-hybridized carbons (Fsp3) is 0.308. The number of ketones is 1. The molecule has 1 heterocycles. The van der Waals surface area contributed by atoms with E-state index in [9.17, 15) is 4.79 Å². The molecule has 0 amide bonds. The minimum Gasteiger partial charge on any atom is -0.494 e. The summed E-state index contributed by atoms with van der Waals surface area (Å²) < 4.78 is 5.52. The van der Waals surface area contributed by atoms with Crippen molar-refractivity contribution in [1.29, 1.82) is 0 Å². The SMILES string of the molecule is O=C(CCCOc1ccccc1)CSc1ncn[nH]1. The zero-order chi connectivity index (χ0) is 13.3. The second kappa shape index (κ2) is 7.58. The summed E-state index contributed by atoms with van der Waals surface area (Å²) in [7, 11) is 0. The maximum absolute atomic E-state index is 11.6. The number of Topliss-reactive ketones (excluding diaryl/α,β-unsaturated/α-hetero) is 1. The van der Waals surface area contributed by atoms with Gasteiger partial charge in [-0.2, -0.15) is 5.10 Å². The highest BCUT2D eigenvalue weighted by Gasteiger charge is 2.05. The second-order valence-corrected chi connectivity index (χ2v) is 4.85. The molecule has 0 aliphatic rings. The lowest BCUT2D eigenvalue weighted by molar-refractivity contribution is -0.116.